The molecule has 2 aliphatic heterocycles. The van der Waals surface area contributed by atoms with Gasteiger partial charge >= 0.3 is 0 Å². The lowest BCUT2D eigenvalue weighted by atomic mass is 9.90. The number of hydrogen-bond donors (Lipinski definition) is 0. The van der Waals surface area contributed by atoms with E-state index in [0.717, 1.165) is 11.1 Å². The number of carbonyl (C=O) groups is 2. The Morgan fingerprint density at radius 3 is 2.24 bits per heavy atom. The van der Waals surface area contributed by atoms with E-state index in [1.54, 1.807) is 23.3 Å². The number of rotatable bonds is 4. The summed E-state index contributed by atoms with van der Waals surface area (Å²) in [6.45, 7) is 3.81. The number of carbonyl (C=O) groups excluding carboxylic acids is 2. The minimum absolute atomic E-state index is 0.0498. The quantitative estimate of drug-likeness (QED) is 0.340. The fraction of sp³-hybridized carbons (Fsp3) is 0.200. The number of nitro benzene ring substituents is 1. The molecule has 8 heteroatoms. The maximum Gasteiger partial charge on any atom is 0.269 e. The van der Waals surface area contributed by atoms with Crippen LogP contribution in [0.25, 0.3) is 0 Å². The van der Waals surface area contributed by atoms with E-state index in [1.807, 2.05) is 56.3 Å². The number of aryl methyl sites for hydroxylation is 2. The van der Waals surface area contributed by atoms with Gasteiger partial charge in [-0.3, -0.25) is 24.5 Å². The van der Waals surface area contributed by atoms with E-state index in [2.05, 4.69) is 0 Å². The molecule has 0 radical (unpaired) electrons. The zero-order valence-corrected chi connectivity index (χ0v) is 18.0. The van der Waals surface area contributed by atoms with Gasteiger partial charge in [-0.05, 0) is 43.2 Å². The fourth-order valence-electron chi connectivity index (χ4n) is 4.64. The second kappa shape index (κ2) is 7.83. The highest BCUT2D eigenvalue weighted by atomic mass is 16.7. The fourth-order valence-corrected chi connectivity index (χ4v) is 4.64. The van der Waals surface area contributed by atoms with Crippen LogP contribution in [-0.4, -0.2) is 22.8 Å². The minimum atomic E-state index is -0.987. The maximum absolute atomic E-state index is 13.7. The summed E-state index contributed by atoms with van der Waals surface area (Å²) in [5.74, 6) is -1.55. The van der Waals surface area contributed by atoms with Gasteiger partial charge in [-0.1, -0.05) is 48.0 Å². The molecule has 2 amide bonds. The van der Waals surface area contributed by atoms with Gasteiger partial charge in [-0.25, -0.2) is 9.96 Å². The smallest absolute Gasteiger partial charge is 0.269 e. The molecule has 0 aromatic heterocycles. The van der Waals surface area contributed by atoms with Gasteiger partial charge in [0.25, 0.3) is 11.6 Å². The molecule has 0 N–H and O–H groups in total. The molecule has 0 aliphatic carbocycles. The molecule has 0 spiro atoms. The molecule has 166 valence electrons. The summed E-state index contributed by atoms with van der Waals surface area (Å²) in [4.78, 5) is 45.0. The van der Waals surface area contributed by atoms with E-state index in [9.17, 15) is 19.7 Å². The first-order valence-corrected chi connectivity index (χ1v) is 10.6. The highest BCUT2D eigenvalue weighted by Gasteiger charge is 2.60. The van der Waals surface area contributed by atoms with Crippen LogP contribution in [0.4, 0.5) is 17.1 Å². The summed E-state index contributed by atoms with van der Waals surface area (Å²) in [6, 6.07) is 20.2. The average Bonchev–Trinajstić information content (AvgIpc) is 3.31. The van der Waals surface area contributed by atoms with Crippen molar-refractivity contribution in [2.75, 3.05) is 9.96 Å². The molecule has 3 atom stereocenters. The van der Waals surface area contributed by atoms with Crippen LogP contribution in [0.2, 0.25) is 0 Å². The van der Waals surface area contributed by atoms with Gasteiger partial charge in [0.15, 0.2) is 6.10 Å². The first-order valence-electron chi connectivity index (χ1n) is 10.6. The second-order valence-electron chi connectivity index (χ2n) is 8.31. The normalized spacial score (nSPS) is 22.1. The van der Waals surface area contributed by atoms with Gasteiger partial charge < -0.3 is 0 Å². The highest BCUT2D eigenvalue weighted by molar-refractivity contribution is 6.24. The number of fused-ring (bicyclic) bond motifs is 1. The van der Waals surface area contributed by atoms with E-state index < -0.39 is 28.9 Å². The van der Waals surface area contributed by atoms with Gasteiger partial charge in [0.1, 0.15) is 5.92 Å². The highest BCUT2D eigenvalue weighted by Crippen LogP contribution is 2.48. The predicted octanol–water partition coefficient (Wildman–Crippen LogP) is 4.26. The minimum Gasteiger partial charge on any atom is -0.273 e. The third-order valence-electron chi connectivity index (χ3n) is 6.16. The Hall–Kier alpha value is -4.04. The van der Waals surface area contributed by atoms with Crippen LogP contribution in [0.3, 0.4) is 0 Å². The number of amides is 2. The van der Waals surface area contributed by atoms with Crippen LogP contribution in [-0.2, 0) is 14.4 Å². The van der Waals surface area contributed by atoms with Crippen molar-refractivity contribution >= 4 is 28.9 Å². The standard InChI is InChI=1S/C25H21N3O5/c1-15-8-13-20(16(2)14-15)26-24(29)21-22(17-9-11-19(12-10-17)28(31)32)27(33-23(21)25(26)30)18-6-4-3-5-7-18/h3-14,21-23H,1-2H3/t21-,22-,23+/m0/s1. The number of imide groups is 1. The number of para-hydroxylation sites is 1. The molecule has 0 bridgehead atoms. The second-order valence-corrected chi connectivity index (χ2v) is 8.31. The van der Waals surface area contributed by atoms with Crippen molar-refractivity contribution in [3.63, 3.8) is 0 Å². The Balaban J connectivity index is 1.59. The van der Waals surface area contributed by atoms with Gasteiger partial charge in [-0.2, -0.15) is 0 Å². The molecule has 8 nitrogen and oxygen atoms in total. The van der Waals surface area contributed by atoms with Crippen molar-refractivity contribution in [1.29, 1.82) is 0 Å². The molecule has 2 aliphatic rings. The molecule has 0 saturated carbocycles. The topological polar surface area (TPSA) is 93.0 Å². The molecule has 2 heterocycles. The molecule has 5 rings (SSSR count). The van der Waals surface area contributed by atoms with Crippen molar-refractivity contribution in [3.8, 4) is 0 Å². The Morgan fingerprint density at radius 1 is 0.909 bits per heavy atom. The van der Waals surface area contributed by atoms with E-state index in [0.29, 0.717) is 16.9 Å². The van der Waals surface area contributed by atoms with Gasteiger partial charge in [-0.15, -0.1) is 0 Å². The van der Waals surface area contributed by atoms with Crippen LogP contribution in [0, 0.1) is 29.9 Å². The van der Waals surface area contributed by atoms with E-state index in [4.69, 9.17) is 4.84 Å². The molecular weight excluding hydrogens is 422 g/mol. The number of nitrogens with zero attached hydrogens (tertiary/aromatic N) is 3. The summed E-state index contributed by atoms with van der Waals surface area (Å²) < 4.78 is 0. The monoisotopic (exact) mass is 443 g/mol. The lowest BCUT2D eigenvalue weighted by Crippen LogP contribution is -2.37. The summed E-state index contributed by atoms with van der Waals surface area (Å²) >= 11 is 0. The van der Waals surface area contributed by atoms with Crippen molar-refractivity contribution < 1.29 is 19.3 Å². The maximum atomic E-state index is 13.7. The predicted molar refractivity (Wildman–Crippen MR) is 122 cm³/mol. The largest absolute Gasteiger partial charge is 0.273 e. The van der Waals surface area contributed by atoms with Gasteiger partial charge in [0.2, 0.25) is 5.91 Å². The molecule has 33 heavy (non-hydrogen) atoms. The van der Waals surface area contributed by atoms with Gasteiger partial charge in [0.05, 0.1) is 22.3 Å². The molecule has 3 aromatic carbocycles. The van der Waals surface area contributed by atoms with Crippen LogP contribution < -0.4 is 9.96 Å². The van der Waals surface area contributed by atoms with Gasteiger partial charge in [0, 0.05) is 12.1 Å². The molecule has 3 aromatic rings. The lowest BCUT2D eigenvalue weighted by Gasteiger charge is -2.29. The Labute approximate surface area is 190 Å². The lowest BCUT2D eigenvalue weighted by molar-refractivity contribution is -0.384. The molecule has 2 fully saturated rings. The number of non-ortho nitro benzene ring substituents is 1. The zero-order chi connectivity index (χ0) is 23.3. The van der Waals surface area contributed by atoms with Crippen LogP contribution in [0.5, 0.6) is 0 Å². The Kier molecular flexibility index (Phi) is 4.94. The summed E-state index contributed by atoms with van der Waals surface area (Å²) in [5.41, 5.74) is 3.69. The Morgan fingerprint density at radius 2 is 1.61 bits per heavy atom. The third-order valence-corrected chi connectivity index (χ3v) is 6.16. The summed E-state index contributed by atoms with van der Waals surface area (Å²) in [5, 5.41) is 12.7. The van der Waals surface area contributed by atoms with Crippen LogP contribution in [0.1, 0.15) is 22.7 Å². The number of nitro groups is 1. The average molecular weight is 443 g/mol. The SMILES string of the molecule is Cc1ccc(N2C(=O)[C@@H]3[C@@H](ON(c4ccccc4)[C@H]3c3ccc([N+](=O)[O-])cc3)C2=O)c(C)c1. The number of hydrogen-bond acceptors (Lipinski definition) is 6. The number of anilines is 2. The van der Waals surface area contributed by atoms with Crippen molar-refractivity contribution in [2.24, 2.45) is 5.92 Å². The van der Waals surface area contributed by atoms with Crippen LogP contribution in [0.15, 0.2) is 72.8 Å². The van der Waals surface area contributed by atoms with Crippen molar-refractivity contribution in [3.05, 3.63) is 99.6 Å². The Bertz CT molecular complexity index is 1260. The van der Waals surface area contributed by atoms with Crippen molar-refractivity contribution in [2.45, 2.75) is 26.0 Å². The number of benzene rings is 3. The number of hydroxylamine groups is 1. The first-order chi connectivity index (χ1) is 15.9. The molecule has 2 saturated heterocycles. The summed E-state index contributed by atoms with van der Waals surface area (Å²) in [7, 11) is 0. The van der Waals surface area contributed by atoms with Crippen molar-refractivity contribution in [1.82, 2.24) is 0 Å². The van der Waals surface area contributed by atoms with E-state index in [1.165, 1.54) is 17.0 Å². The summed E-state index contributed by atoms with van der Waals surface area (Å²) in [6.07, 6.45) is -0.987. The van der Waals surface area contributed by atoms with Crippen LogP contribution >= 0.6 is 0 Å². The molecular formula is C25H21N3O5. The zero-order valence-electron chi connectivity index (χ0n) is 18.0. The third kappa shape index (κ3) is 3.35. The van der Waals surface area contributed by atoms with E-state index >= 15 is 0 Å². The first kappa shape index (κ1) is 20.8. The molecule has 0 unspecified atom stereocenters. The van der Waals surface area contributed by atoms with E-state index in [-0.39, 0.29) is 11.6 Å².